The van der Waals surface area contributed by atoms with Crippen LogP contribution in [0.2, 0.25) is 0 Å². The topological polar surface area (TPSA) is 0 Å². The van der Waals surface area contributed by atoms with E-state index in [1.54, 1.807) is 5.56 Å². The maximum atomic E-state index is 2.45. The largest absolute Gasteiger partial charge is 0.0914 e. The summed E-state index contributed by atoms with van der Waals surface area (Å²) >= 11 is 0. The minimum Gasteiger partial charge on any atom is -0.0914 e. The fraction of sp³-hybridized carbons (Fsp3) is 0.636. The third-order valence-electron chi connectivity index (χ3n) is 6.11. The van der Waals surface area contributed by atoms with Crippen molar-refractivity contribution >= 4 is 0 Å². The maximum Gasteiger partial charge on any atom is -0.0159 e. The minimum atomic E-state index is 0.829. The van der Waals surface area contributed by atoms with E-state index in [1.165, 1.54) is 56.9 Å². The molecule has 120 valence electrons. The Kier molecular flexibility index (Phi) is 5.39. The van der Waals surface area contributed by atoms with Crippen LogP contribution >= 0.6 is 0 Å². The summed E-state index contributed by atoms with van der Waals surface area (Å²) in [5.41, 5.74) is 3.11. The van der Waals surface area contributed by atoms with Gasteiger partial charge in [0.15, 0.2) is 0 Å². The van der Waals surface area contributed by atoms with Crippen molar-refractivity contribution in [1.82, 2.24) is 0 Å². The van der Waals surface area contributed by atoms with Crippen LogP contribution in [0, 0.1) is 17.8 Å². The van der Waals surface area contributed by atoms with E-state index in [0.29, 0.717) is 0 Å². The summed E-state index contributed by atoms with van der Waals surface area (Å²) in [4.78, 5) is 0. The third kappa shape index (κ3) is 3.65. The molecule has 4 atom stereocenters. The Morgan fingerprint density at radius 1 is 0.955 bits per heavy atom. The van der Waals surface area contributed by atoms with Gasteiger partial charge in [0.2, 0.25) is 0 Å². The molecule has 0 saturated heterocycles. The van der Waals surface area contributed by atoms with Crippen LogP contribution in [-0.2, 0) is 6.42 Å². The van der Waals surface area contributed by atoms with Crippen molar-refractivity contribution in [2.24, 2.45) is 17.8 Å². The number of rotatable bonds is 4. The Morgan fingerprint density at radius 3 is 2.41 bits per heavy atom. The van der Waals surface area contributed by atoms with Crippen molar-refractivity contribution in [1.29, 1.82) is 0 Å². The van der Waals surface area contributed by atoms with Crippen molar-refractivity contribution in [3.63, 3.8) is 0 Å². The third-order valence-corrected chi connectivity index (χ3v) is 6.11. The van der Waals surface area contributed by atoms with Crippen molar-refractivity contribution in [3.05, 3.63) is 47.5 Å². The zero-order valence-corrected chi connectivity index (χ0v) is 14.4. The van der Waals surface area contributed by atoms with Gasteiger partial charge in [-0.2, -0.15) is 0 Å². The predicted octanol–water partition coefficient (Wildman–Crippen LogP) is 6.52. The molecule has 1 aromatic rings. The predicted molar refractivity (Wildman–Crippen MR) is 96.2 cm³/mol. The Bertz CT molecular complexity index is 481. The van der Waals surface area contributed by atoms with Crippen molar-refractivity contribution < 1.29 is 0 Å². The first-order valence-electron chi connectivity index (χ1n) is 9.51. The van der Waals surface area contributed by atoms with E-state index in [2.05, 4.69) is 50.3 Å². The summed E-state index contributed by atoms with van der Waals surface area (Å²) in [6, 6.07) is 9.57. The first-order chi connectivity index (χ1) is 10.8. The molecule has 22 heavy (non-hydrogen) atoms. The van der Waals surface area contributed by atoms with Gasteiger partial charge in [-0.25, -0.2) is 0 Å². The molecule has 0 aliphatic heterocycles. The number of aryl methyl sites for hydroxylation is 1. The highest BCUT2D eigenvalue weighted by Gasteiger charge is 2.35. The second-order valence-electron chi connectivity index (χ2n) is 7.62. The fourth-order valence-corrected chi connectivity index (χ4v) is 4.92. The summed E-state index contributed by atoms with van der Waals surface area (Å²) in [7, 11) is 0. The van der Waals surface area contributed by atoms with Gasteiger partial charge in [-0.1, -0.05) is 49.8 Å². The van der Waals surface area contributed by atoms with Crippen LogP contribution in [0.3, 0.4) is 0 Å². The lowest BCUT2D eigenvalue weighted by molar-refractivity contribution is 0.133. The van der Waals surface area contributed by atoms with Gasteiger partial charge in [0.25, 0.3) is 0 Å². The Balaban J connectivity index is 1.60. The molecule has 0 heterocycles. The molecule has 0 nitrogen and oxygen atoms in total. The van der Waals surface area contributed by atoms with Gasteiger partial charge in [0.1, 0.15) is 0 Å². The van der Waals surface area contributed by atoms with Crippen LogP contribution in [0.1, 0.15) is 75.8 Å². The van der Waals surface area contributed by atoms with Gasteiger partial charge in [0.05, 0.1) is 0 Å². The van der Waals surface area contributed by atoms with Crippen LogP contribution in [0.15, 0.2) is 36.4 Å². The lowest BCUT2D eigenvalue weighted by Crippen LogP contribution is -2.30. The Labute approximate surface area is 137 Å². The molecule has 0 radical (unpaired) electrons. The molecule has 1 aromatic carbocycles. The van der Waals surface area contributed by atoms with E-state index in [0.717, 1.165) is 23.7 Å². The molecule has 1 unspecified atom stereocenters. The fourth-order valence-electron chi connectivity index (χ4n) is 4.92. The van der Waals surface area contributed by atoms with E-state index < -0.39 is 0 Å². The average molecular weight is 296 g/mol. The van der Waals surface area contributed by atoms with Crippen molar-refractivity contribution in [2.45, 2.75) is 71.1 Å². The van der Waals surface area contributed by atoms with Gasteiger partial charge in [-0.3, -0.25) is 0 Å². The first kappa shape index (κ1) is 15.8. The van der Waals surface area contributed by atoms with Crippen LogP contribution in [0.4, 0.5) is 0 Å². The van der Waals surface area contributed by atoms with E-state index in [9.17, 15) is 0 Å². The van der Waals surface area contributed by atoms with Crippen molar-refractivity contribution in [3.8, 4) is 0 Å². The summed E-state index contributed by atoms with van der Waals surface area (Å²) < 4.78 is 0. The highest BCUT2D eigenvalue weighted by Crippen LogP contribution is 2.47. The van der Waals surface area contributed by atoms with E-state index >= 15 is 0 Å². The summed E-state index contributed by atoms with van der Waals surface area (Å²) in [6.45, 7) is 4.43. The molecule has 2 aliphatic rings. The van der Waals surface area contributed by atoms with Gasteiger partial charge in [0, 0.05) is 0 Å². The lowest BCUT2D eigenvalue weighted by atomic mass is 9.64. The summed E-state index contributed by atoms with van der Waals surface area (Å²) in [5, 5.41) is 0. The molecule has 2 aliphatic carbocycles. The van der Waals surface area contributed by atoms with Gasteiger partial charge < -0.3 is 0 Å². The summed E-state index contributed by atoms with van der Waals surface area (Å²) in [6.07, 6.45) is 15.8. The van der Waals surface area contributed by atoms with Gasteiger partial charge in [-0.15, -0.1) is 0 Å². The standard InChI is InChI=1S/C22H32/c1-3-5-17-7-10-19(11-8-17)21-14-13-20-15-18(6-4-2)9-12-22(20)16-21/h4,6-8,10-11,18,20-22H,3,5,9,12-16H2,1-2H3/t18-,20-,21?,22-/m1/s1. The molecule has 0 heteroatoms. The molecule has 0 amide bonds. The average Bonchev–Trinajstić information content (AvgIpc) is 2.56. The molecule has 0 N–H and O–H groups in total. The molecule has 3 rings (SSSR count). The Morgan fingerprint density at radius 2 is 1.68 bits per heavy atom. The van der Waals surface area contributed by atoms with Crippen LogP contribution < -0.4 is 0 Å². The minimum absolute atomic E-state index is 0.829. The molecule has 0 bridgehead atoms. The Hall–Kier alpha value is -1.04. The quantitative estimate of drug-likeness (QED) is 0.555. The van der Waals surface area contributed by atoms with E-state index in [1.807, 2.05) is 0 Å². The second kappa shape index (κ2) is 7.49. The monoisotopic (exact) mass is 296 g/mol. The SMILES string of the molecule is CC=C[C@@H]1CC[C@@H]2CC(c3ccc(CCC)cc3)CC[C@@H]2C1. The van der Waals surface area contributed by atoms with Crippen LogP contribution in [0.5, 0.6) is 0 Å². The van der Waals surface area contributed by atoms with Gasteiger partial charge >= 0.3 is 0 Å². The lowest BCUT2D eigenvalue weighted by Gasteiger charge is -2.41. The van der Waals surface area contributed by atoms with Crippen molar-refractivity contribution in [2.75, 3.05) is 0 Å². The van der Waals surface area contributed by atoms with Crippen LogP contribution in [-0.4, -0.2) is 0 Å². The van der Waals surface area contributed by atoms with E-state index in [-0.39, 0.29) is 0 Å². The zero-order valence-electron chi connectivity index (χ0n) is 14.4. The number of benzene rings is 1. The molecule has 0 aromatic heterocycles. The summed E-state index contributed by atoms with van der Waals surface area (Å²) in [5.74, 6) is 3.70. The van der Waals surface area contributed by atoms with E-state index in [4.69, 9.17) is 0 Å². The smallest absolute Gasteiger partial charge is 0.0159 e. The molecular weight excluding hydrogens is 264 g/mol. The van der Waals surface area contributed by atoms with Crippen LogP contribution in [0.25, 0.3) is 0 Å². The number of allylic oxidation sites excluding steroid dienone is 2. The normalized spacial score (nSPS) is 32.1. The number of hydrogen-bond acceptors (Lipinski definition) is 0. The van der Waals surface area contributed by atoms with Gasteiger partial charge in [-0.05, 0) is 86.7 Å². The molecule has 2 fully saturated rings. The molecular formula is C22H32. The number of fused-ring (bicyclic) bond motifs is 1. The highest BCUT2D eigenvalue weighted by atomic mass is 14.4. The second-order valence-corrected chi connectivity index (χ2v) is 7.62. The maximum absolute atomic E-state index is 2.45. The number of hydrogen-bond donors (Lipinski definition) is 0. The first-order valence-corrected chi connectivity index (χ1v) is 9.51. The highest BCUT2D eigenvalue weighted by molar-refractivity contribution is 5.26. The zero-order chi connectivity index (χ0) is 15.4. The molecule has 0 spiro atoms. The molecule has 2 saturated carbocycles.